The van der Waals surface area contributed by atoms with E-state index >= 15 is 0 Å². The van der Waals surface area contributed by atoms with Gasteiger partial charge in [0.1, 0.15) is 54.6 Å². The van der Waals surface area contributed by atoms with E-state index in [1.807, 2.05) is 19.9 Å². The molecule has 3 saturated carbocycles. The van der Waals surface area contributed by atoms with Crippen molar-refractivity contribution in [2.75, 3.05) is 19.8 Å². The number of ether oxygens (including phenoxy) is 4. The number of aliphatic hydroxyl groups is 8. The van der Waals surface area contributed by atoms with Gasteiger partial charge in [0, 0.05) is 31.3 Å². The third kappa shape index (κ3) is 7.46. The molecule has 6 rings (SSSR count). The molecule has 6 aliphatic rings. The van der Waals surface area contributed by atoms with Gasteiger partial charge in [0.15, 0.2) is 18.4 Å². The van der Waals surface area contributed by atoms with Gasteiger partial charge in [0.05, 0.1) is 19.3 Å². The molecule has 5 fully saturated rings. The molecule has 8 N–H and O–H groups in total. The minimum atomic E-state index is -1.80. The van der Waals surface area contributed by atoms with E-state index < -0.39 is 86.6 Å². The van der Waals surface area contributed by atoms with Crippen LogP contribution in [0.15, 0.2) is 11.6 Å². The molecule has 4 aliphatic carbocycles. The minimum absolute atomic E-state index is 0.0123. The zero-order chi connectivity index (χ0) is 38.6. The van der Waals surface area contributed by atoms with Crippen molar-refractivity contribution in [3.63, 3.8) is 0 Å². The summed E-state index contributed by atoms with van der Waals surface area (Å²) in [5, 5.41) is 83.6. The Labute approximate surface area is 311 Å². The molecular weight excluding hydrogens is 692 g/mol. The van der Waals surface area contributed by atoms with Crippen molar-refractivity contribution in [3.8, 4) is 0 Å². The summed E-state index contributed by atoms with van der Waals surface area (Å²) in [5.41, 5.74) is 0.865. The monoisotopic (exact) mass is 754 g/mol. The van der Waals surface area contributed by atoms with Crippen molar-refractivity contribution in [1.29, 1.82) is 0 Å². The number of hydrogen-bond acceptors (Lipinski definition) is 14. The summed E-state index contributed by atoms with van der Waals surface area (Å²) >= 11 is 0. The molecule has 2 saturated heterocycles. The highest BCUT2D eigenvalue weighted by Gasteiger charge is 2.64. The lowest BCUT2D eigenvalue weighted by molar-refractivity contribution is -0.365. The molecule has 0 aromatic rings. The van der Waals surface area contributed by atoms with E-state index in [4.69, 9.17) is 18.9 Å². The van der Waals surface area contributed by atoms with Crippen molar-refractivity contribution in [1.82, 2.24) is 0 Å². The Morgan fingerprint density at radius 2 is 1.51 bits per heavy atom. The quantitative estimate of drug-likeness (QED) is 0.135. The molecular formula is C39H62O14. The lowest BCUT2D eigenvalue weighted by Crippen LogP contribution is -2.65. The number of carbonyl (C=O) groups excluding carboxylic acids is 2. The zero-order valence-electron chi connectivity index (χ0n) is 31.4. The summed E-state index contributed by atoms with van der Waals surface area (Å²) in [6.45, 7) is 7.01. The molecule has 0 bridgehead atoms. The van der Waals surface area contributed by atoms with E-state index in [2.05, 4.69) is 13.8 Å². The van der Waals surface area contributed by atoms with Crippen LogP contribution in [0.1, 0.15) is 85.5 Å². The molecule has 2 aliphatic heterocycles. The van der Waals surface area contributed by atoms with Gasteiger partial charge in [-0.15, -0.1) is 0 Å². The predicted octanol–water partition coefficient (Wildman–Crippen LogP) is 0.368. The van der Waals surface area contributed by atoms with Gasteiger partial charge in [-0.3, -0.25) is 9.59 Å². The maximum Gasteiger partial charge on any atom is 0.187 e. The lowest BCUT2D eigenvalue weighted by Gasteiger charge is -2.58. The summed E-state index contributed by atoms with van der Waals surface area (Å²) in [6.07, 6.45) is -8.06. The summed E-state index contributed by atoms with van der Waals surface area (Å²) < 4.78 is 24.1. The topological polar surface area (TPSA) is 233 Å². The highest BCUT2D eigenvalue weighted by Crippen LogP contribution is 2.68. The molecule has 19 atom stereocenters. The lowest BCUT2D eigenvalue weighted by atomic mass is 9.46. The zero-order valence-corrected chi connectivity index (χ0v) is 31.4. The van der Waals surface area contributed by atoms with Gasteiger partial charge < -0.3 is 59.8 Å². The van der Waals surface area contributed by atoms with E-state index in [1.54, 1.807) is 0 Å². The van der Waals surface area contributed by atoms with Crippen LogP contribution in [-0.4, -0.2) is 140 Å². The van der Waals surface area contributed by atoms with Crippen molar-refractivity contribution in [2.24, 2.45) is 46.3 Å². The number of ketones is 2. The molecule has 0 spiro atoms. The summed E-state index contributed by atoms with van der Waals surface area (Å²) in [5.74, 6) is 0.386. The summed E-state index contributed by atoms with van der Waals surface area (Å²) in [7, 11) is 0. The Bertz CT molecular complexity index is 1340. The number of Topliss-reactive ketones (excluding diaryl/α,β-unsaturated/α-hetero) is 1. The van der Waals surface area contributed by atoms with Gasteiger partial charge in [-0.1, -0.05) is 33.3 Å². The normalized spacial score (nSPS) is 48.3. The van der Waals surface area contributed by atoms with E-state index in [1.165, 1.54) is 5.57 Å². The van der Waals surface area contributed by atoms with E-state index in [0.717, 1.165) is 32.1 Å². The first kappa shape index (κ1) is 41.2. The smallest absolute Gasteiger partial charge is 0.187 e. The SMILES string of the molecule is C[C@H](CO)CCC(=O)[C@@H](C)[C@H]1[C@@H](O[C@@H]2O[C@H](CO)[C@H](O)[C@H](O[C@@H]3O[C@H](CO)[C@@H](O)[C@H](O)[C@H]3O)[C@H]2O)C[C@H]2[C@@H]3CCC4=CC(=O)CC[C@]4(C)[C@H]3CC[C@]12C. The number of carbonyl (C=O) groups is 2. The molecule has 14 nitrogen and oxygen atoms in total. The third-order valence-electron chi connectivity index (χ3n) is 14.6. The van der Waals surface area contributed by atoms with Crippen LogP contribution in [0.25, 0.3) is 0 Å². The summed E-state index contributed by atoms with van der Waals surface area (Å²) in [4.78, 5) is 26.3. The van der Waals surface area contributed by atoms with Crippen molar-refractivity contribution < 1.29 is 69.4 Å². The molecule has 0 amide bonds. The van der Waals surface area contributed by atoms with Crippen LogP contribution in [0, 0.1) is 46.3 Å². The Hall–Kier alpha value is -1.40. The van der Waals surface area contributed by atoms with Gasteiger partial charge in [-0.2, -0.15) is 0 Å². The van der Waals surface area contributed by atoms with Crippen molar-refractivity contribution >= 4 is 11.6 Å². The average molecular weight is 755 g/mol. The fraction of sp³-hybridized carbons (Fsp3) is 0.897. The summed E-state index contributed by atoms with van der Waals surface area (Å²) in [6, 6.07) is 0. The Morgan fingerprint density at radius 3 is 2.17 bits per heavy atom. The standard InChI is InChI=1S/C39H62O14/c1-18(15-40)5-8-25(44)19(2)29-26(14-24-22-7-6-20-13-21(43)9-11-38(20,3)23(22)10-12-39(24,29)4)50-37-34(49)35(31(46)28(17-42)52-37)53-36-33(48)32(47)30(45)27(16-41)51-36/h13,18-19,22-24,26-37,40-42,45-49H,5-12,14-17H2,1-4H3/t18-,19+,22+,23-,24-,26-,27+,28+,29-,30+,31-,32-,33+,34+,35-,36-,37+,38-,39-/m0/s1. The van der Waals surface area contributed by atoms with Crippen LogP contribution in [0.3, 0.4) is 0 Å². The Morgan fingerprint density at radius 1 is 0.849 bits per heavy atom. The molecule has 0 aromatic heterocycles. The molecule has 14 heteroatoms. The number of hydrogen-bond donors (Lipinski definition) is 8. The van der Waals surface area contributed by atoms with Gasteiger partial charge in [0.2, 0.25) is 0 Å². The van der Waals surface area contributed by atoms with Crippen molar-refractivity contribution in [3.05, 3.63) is 11.6 Å². The highest BCUT2D eigenvalue weighted by atomic mass is 16.7. The molecule has 53 heavy (non-hydrogen) atoms. The van der Waals surface area contributed by atoms with E-state index in [9.17, 15) is 50.4 Å². The molecule has 2 heterocycles. The predicted molar refractivity (Wildman–Crippen MR) is 187 cm³/mol. The highest BCUT2D eigenvalue weighted by molar-refractivity contribution is 5.91. The fourth-order valence-corrected chi connectivity index (χ4v) is 11.4. The van der Waals surface area contributed by atoms with Crippen molar-refractivity contribution in [2.45, 2.75) is 153 Å². The molecule has 302 valence electrons. The fourth-order valence-electron chi connectivity index (χ4n) is 11.4. The van der Waals surface area contributed by atoms with Crippen LogP contribution in [0.4, 0.5) is 0 Å². The second kappa shape index (κ2) is 16.2. The maximum atomic E-state index is 13.9. The Balaban J connectivity index is 1.28. The van der Waals surface area contributed by atoms with Gasteiger partial charge in [0.25, 0.3) is 0 Å². The largest absolute Gasteiger partial charge is 0.396 e. The maximum absolute atomic E-state index is 13.9. The van der Waals surface area contributed by atoms with Crippen LogP contribution in [0.5, 0.6) is 0 Å². The van der Waals surface area contributed by atoms with E-state index in [-0.39, 0.29) is 46.8 Å². The van der Waals surface area contributed by atoms with Gasteiger partial charge in [-0.25, -0.2) is 0 Å². The van der Waals surface area contributed by atoms with E-state index in [0.29, 0.717) is 37.5 Å². The first-order chi connectivity index (χ1) is 25.1. The number of fused-ring (bicyclic) bond motifs is 5. The number of allylic oxidation sites excluding steroid dienone is 1. The van der Waals surface area contributed by atoms with Crippen LogP contribution < -0.4 is 0 Å². The minimum Gasteiger partial charge on any atom is -0.396 e. The van der Waals surface area contributed by atoms with Gasteiger partial charge in [-0.05, 0) is 85.5 Å². The molecule has 0 unspecified atom stereocenters. The first-order valence-corrected chi connectivity index (χ1v) is 19.7. The molecule has 0 aromatic carbocycles. The Kier molecular flexibility index (Phi) is 12.6. The second-order valence-corrected chi connectivity index (χ2v) is 17.5. The van der Waals surface area contributed by atoms with Gasteiger partial charge >= 0.3 is 0 Å². The number of rotatable bonds is 12. The average Bonchev–Trinajstić information content (AvgIpc) is 3.44. The first-order valence-electron chi connectivity index (χ1n) is 19.7. The van der Waals surface area contributed by atoms with Crippen LogP contribution in [0.2, 0.25) is 0 Å². The van der Waals surface area contributed by atoms with Crippen LogP contribution >= 0.6 is 0 Å². The molecule has 0 radical (unpaired) electrons. The second-order valence-electron chi connectivity index (χ2n) is 17.5. The van der Waals surface area contributed by atoms with Crippen LogP contribution in [-0.2, 0) is 28.5 Å². The third-order valence-corrected chi connectivity index (χ3v) is 14.6. The number of aliphatic hydroxyl groups excluding tert-OH is 8.